The van der Waals surface area contributed by atoms with Crippen LogP contribution in [0.5, 0.6) is 0 Å². The van der Waals surface area contributed by atoms with Crippen LogP contribution in [0.4, 0.5) is 0 Å². The Labute approximate surface area is 114 Å². The molecule has 0 radical (unpaired) electrons. The van der Waals surface area contributed by atoms with Crippen LogP contribution in [0.25, 0.3) is 5.69 Å². The van der Waals surface area contributed by atoms with Gasteiger partial charge in [-0.1, -0.05) is 19.1 Å². The number of aromatic nitrogens is 2. The standard InChI is InChI=1S/C15H21N3O/c1-3-15(2,12-19)16-11-13-6-4-7-14(10-13)18-9-5-8-17-18/h4-10,16,19H,3,11-12H2,1-2H3. The first-order chi connectivity index (χ1) is 9.17. The van der Waals surface area contributed by atoms with E-state index in [1.165, 1.54) is 5.56 Å². The van der Waals surface area contributed by atoms with Gasteiger partial charge in [-0.2, -0.15) is 5.10 Å². The Hall–Kier alpha value is -1.65. The number of nitrogens with zero attached hydrogens (tertiary/aromatic N) is 2. The molecule has 2 aromatic rings. The molecule has 1 atom stereocenters. The van der Waals surface area contributed by atoms with Crippen LogP contribution in [-0.4, -0.2) is 27.0 Å². The fraction of sp³-hybridized carbons (Fsp3) is 0.400. The molecule has 0 amide bonds. The fourth-order valence-corrected chi connectivity index (χ4v) is 1.84. The van der Waals surface area contributed by atoms with Crippen molar-refractivity contribution in [1.29, 1.82) is 0 Å². The quantitative estimate of drug-likeness (QED) is 0.835. The molecule has 1 aromatic heterocycles. The van der Waals surface area contributed by atoms with Crippen molar-refractivity contribution in [1.82, 2.24) is 15.1 Å². The molecule has 102 valence electrons. The SMILES string of the molecule is CCC(C)(CO)NCc1cccc(-n2cccn2)c1. The summed E-state index contributed by atoms with van der Waals surface area (Å²) in [7, 11) is 0. The molecule has 1 heterocycles. The van der Waals surface area contributed by atoms with Gasteiger partial charge in [-0.3, -0.25) is 0 Å². The number of aliphatic hydroxyl groups excluding tert-OH is 1. The maximum Gasteiger partial charge on any atom is 0.0648 e. The van der Waals surface area contributed by atoms with E-state index < -0.39 is 0 Å². The van der Waals surface area contributed by atoms with Gasteiger partial charge in [0.2, 0.25) is 0 Å². The van der Waals surface area contributed by atoms with Gasteiger partial charge in [-0.15, -0.1) is 0 Å². The summed E-state index contributed by atoms with van der Waals surface area (Å²) in [5, 5.41) is 17.0. The highest BCUT2D eigenvalue weighted by atomic mass is 16.3. The van der Waals surface area contributed by atoms with Crippen LogP contribution in [0.2, 0.25) is 0 Å². The predicted molar refractivity (Wildman–Crippen MR) is 76.2 cm³/mol. The molecule has 4 heteroatoms. The molecular weight excluding hydrogens is 238 g/mol. The molecule has 0 aliphatic carbocycles. The van der Waals surface area contributed by atoms with Crippen LogP contribution < -0.4 is 5.32 Å². The summed E-state index contributed by atoms with van der Waals surface area (Å²) in [6, 6.07) is 10.1. The van der Waals surface area contributed by atoms with E-state index in [2.05, 4.69) is 29.5 Å². The summed E-state index contributed by atoms with van der Waals surface area (Å²) >= 11 is 0. The smallest absolute Gasteiger partial charge is 0.0648 e. The lowest BCUT2D eigenvalue weighted by Gasteiger charge is -2.27. The third-order valence-corrected chi connectivity index (χ3v) is 3.53. The van der Waals surface area contributed by atoms with Gasteiger partial charge >= 0.3 is 0 Å². The van der Waals surface area contributed by atoms with Crippen molar-refractivity contribution in [3.05, 3.63) is 48.3 Å². The third kappa shape index (κ3) is 3.43. The maximum atomic E-state index is 9.39. The van der Waals surface area contributed by atoms with Crippen LogP contribution in [-0.2, 0) is 6.54 Å². The Kier molecular flexibility index (Phi) is 4.35. The zero-order valence-electron chi connectivity index (χ0n) is 11.5. The predicted octanol–water partition coefficient (Wildman–Crippen LogP) is 2.12. The fourth-order valence-electron chi connectivity index (χ4n) is 1.84. The van der Waals surface area contributed by atoms with E-state index in [9.17, 15) is 5.11 Å². The monoisotopic (exact) mass is 259 g/mol. The van der Waals surface area contributed by atoms with Crippen molar-refractivity contribution in [2.75, 3.05) is 6.61 Å². The summed E-state index contributed by atoms with van der Waals surface area (Å²) in [5.41, 5.74) is 2.01. The molecular formula is C15H21N3O. The molecule has 2 N–H and O–H groups in total. The van der Waals surface area contributed by atoms with Gasteiger partial charge in [0.25, 0.3) is 0 Å². The van der Waals surface area contributed by atoms with Crippen LogP contribution >= 0.6 is 0 Å². The minimum absolute atomic E-state index is 0.141. The average Bonchev–Trinajstić information content (AvgIpc) is 2.99. The van der Waals surface area contributed by atoms with Gasteiger partial charge in [0.1, 0.15) is 0 Å². The van der Waals surface area contributed by atoms with Crippen LogP contribution in [0, 0.1) is 0 Å². The maximum absolute atomic E-state index is 9.39. The molecule has 0 bridgehead atoms. The second kappa shape index (κ2) is 5.99. The van der Waals surface area contributed by atoms with Crippen LogP contribution in [0.1, 0.15) is 25.8 Å². The number of hydrogen-bond donors (Lipinski definition) is 2. The van der Waals surface area contributed by atoms with Crippen LogP contribution in [0.15, 0.2) is 42.7 Å². The molecule has 0 fully saturated rings. The van der Waals surface area contributed by atoms with E-state index in [1.54, 1.807) is 6.20 Å². The van der Waals surface area contributed by atoms with Gasteiger partial charge < -0.3 is 10.4 Å². The van der Waals surface area contributed by atoms with Gasteiger partial charge in [0, 0.05) is 24.5 Å². The number of benzene rings is 1. The van der Waals surface area contributed by atoms with Gasteiger partial charge in [0.15, 0.2) is 0 Å². The van der Waals surface area contributed by atoms with E-state index in [0.29, 0.717) is 0 Å². The normalized spacial score (nSPS) is 14.3. The Bertz CT molecular complexity index is 504. The highest BCUT2D eigenvalue weighted by Gasteiger charge is 2.19. The molecule has 0 aliphatic heterocycles. The second-order valence-electron chi connectivity index (χ2n) is 5.05. The third-order valence-electron chi connectivity index (χ3n) is 3.53. The van der Waals surface area contributed by atoms with Crippen molar-refractivity contribution in [3.8, 4) is 5.69 Å². The molecule has 0 saturated heterocycles. The summed E-state index contributed by atoms with van der Waals surface area (Å²) < 4.78 is 1.84. The summed E-state index contributed by atoms with van der Waals surface area (Å²) in [6.45, 7) is 4.98. The first-order valence-corrected chi connectivity index (χ1v) is 6.62. The lowest BCUT2D eigenvalue weighted by molar-refractivity contribution is 0.169. The van der Waals surface area contributed by atoms with Crippen molar-refractivity contribution in [3.63, 3.8) is 0 Å². The number of nitrogens with one attached hydrogen (secondary N) is 1. The molecule has 1 aromatic carbocycles. The molecule has 0 aliphatic rings. The first-order valence-electron chi connectivity index (χ1n) is 6.62. The Balaban J connectivity index is 2.08. The van der Waals surface area contributed by atoms with Crippen LogP contribution in [0.3, 0.4) is 0 Å². The Morgan fingerprint density at radius 2 is 2.21 bits per heavy atom. The van der Waals surface area contributed by atoms with Crippen molar-refractivity contribution >= 4 is 0 Å². The van der Waals surface area contributed by atoms with Gasteiger partial charge in [-0.25, -0.2) is 4.68 Å². The van der Waals surface area contributed by atoms with E-state index in [1.807, 2.05) is 36.0 Å². The Morgan fingerprint density at radius 3 is 2.84 bits per heavy atom. The molecule has 2 rings (SSSR count). The van der Waals surface area contributed by atoms with Gasteiger partial charge in [-0.05, 0) is 37.1 Å². The first kappa shape index (κ1) is 13.8. The average molecular weight is 259 g/mol. The Morgan fingerprint density at radius 1 is 1.37 bits per heavy atom. The van der Waals surface area contributed by atoms with Gasteiger partial charge in [0.05, 0.1) is 12.3 Å². The minimum Gasteiger partial charge on any atom is -0.394 e. The van der Waals surface area contributed by atoms with E-state index in [4.69, 9.17) is 0 Å². The lowest BCUT2D eigenvalue weighted by Crippen LogP contribution is -2.44. The molecule has 0 spiro atoms. The summed E-state index contributed by atoms with van der Waals surface area (Å²) in [4.78, 5) is 0. The number of rotatable bonds is 6. The number of hydrogen-bond acceptors (Lipinski definition) is 3. The minimum atomic E-state index is -0.221. The highest BCUT2D eigenvalue weighted by Crippen LogP contribution is 2.12. The number of aliphatic hydroxyl groups is 1. The molecule has 0 saturated carbocycles. The molecule has 19 heavy (non-hydrogen) atoms. The van der Waals surface area contributed by atoms with E-state index >= 15 is 0 Å². The second-order valence-corrected chi connectivity index (χ2v) is 5.05. The zero-order valence-corrected chi connectivity index (χ0v) is 11.5. The van der Waals surface area contributed by atoms with E-state index in [-0.39, 0.29) is 12.1 Å². The summed E-state index contributed by atoms with van der Waals surface area (Å²) in [5.74, 6) is 0. The highest BCUT2D eigenvalue weighted by molar-refractivity contribution is 5.35. The topological polar surface area (TPSA) is 50.1 Å². The van der Waals surface area contributed by atoms with Crippen molar-refractivity contribution < 1.29 is 5.11 Å². The largest absolute Gasteiger partial charge is 0.394 e. The van der Waals surface area contributed by atoms with E-state index in [0.717, 1.165) is 18.7 Å². The van der Waals surface area contributed by atoms with Crippen molar-refractivity contribution in [2.24, 2.45) is 0 Å². The van der Waals surface area contributed by atoms with Crippen molar-refractivity contribution in [2.45, 2.75) is 32.4 Å². The lowest BCUT2D eigenvalue weighted by atomic mass is 10.00. The summed E-state index contributed by atoms with van der Waals surface area (Å²) in [6.07, 6.45) is 4.59. The molecule has 4 nitrogen and oxygen atoms in total. The zero-order chi connectivity index (χ0) is 13.7. The molecule has 1 unspecified atom stereocenters.